The Kier molecular flexibility index (Phi) is 4.83. The standard InChI is InChI=1S/C18H23N5O3/c1-25-15-7-5-14(6-8-15)16-17(23-12-19-20-21-23)18(24)22(16)9-2-10-26-11-13-3-4-13/h5-8,12-13,16-17H,2-4,9-11H2,1H3/t16-,17+/m1/s1. The number of benzene rings is 1. The van der Waals surface area contributed by atoms with E-state index in [0.29, 0.717) is 13.2 Å². The molecule has 0 bridgehead atoms. The number of hydrogen-bond acceptors (Lipinski definition) is 6. The van der Waals surface area contributed by atoms with Crippen LogP contribution in [0, 0.1) is 5.92 Å². The van der Waals surface area contributed by atoms with Gasteiger partial charge in [0.05, 0.1) is 13.2 Å². The third-order valence-corrected chi connectivity index (χ3v) is 5.02. The van der Waals surface area contributed by atoms with Crippen molar-refractivity contribution in [3.63, 3.8) is 0 Å². The van der Waals surface area contributed by atoms with Gasteiger partial charge >= 0.3 is 0 Å². The van der Waals surface area contributed by atoms with E-state index in [4.69, 9.17) is 9.47 Å². The third-order valence-electron chi connectivity index (χ3n) is 5.02. The van der Waals surface area contributed by atoms with Crippen molar-refractivity contribution in [2.45, 2.75) is 31.3 Å². The molecule has 2 aromatic rings. The topological polar surface area (TPSA) is 82.4 Å². The van der Waals surface area contributed by atoms with Gasteiger partial charge in [-0.15, -0.1) is 5.10 Å². The number of rotatable bonds is 9. The molecule has 2 heterocycles. The Labute approximate surface area is 152 Å². The van der Waals surface area contributed by atoms with Crippen molar-refractivity contribution < 1.29 is 14.3 Å². The average molecular weight is 357 g/mol. The van der Waals surface area contributed by atoms with E-state index in [1.807, 2.05) is 29.2 Å². The number of aromatic nitrogens is 4. The minimum absolute atomic E-state index is 0.0420. The number of amides is 1. The first kappa shape index (κ1) is 17.0. The number of likely N-dealkylation sites (tertiary alicyclic amines) is 1. The first-order chi connectivity index (χ1) is 12.8. The molecule has 4 rings (SSSR count). The fraction of sp³-hybridized carbons (Fsp3) is 0.556. The minimum Gasteiger partial charge on any atom is -0.497 e. The lowest BCUT2D eigenvalue weighted by molar-refractivity contribution is -0.156. The van der Waals surface area contributed by atoms with Gasteiger partial charge in [-0.05, 0) is 53.3 Å². The normalized spacial score (nSPS) is 22.3. The quantitative estimate of drug-likeness (QED) is 0.501. The summed E-state index contributed by atoms with van der Waals surface area (Å²) in [5.74, 6) is 1.59. The fourth-order valence-corrected chi connectivity index (χ4v) is 3.37. The Balaban J connectivity index is 1.43. The molecule has 0 N–H and O–H groups in total. The SMILES string of the molecule is COc1ccc([C@@H]2[C@H](n3cnnn3)C(=O)N2CCCOCC2CC2)cc1. The predicted molar refractivity (Wildman–Crippen MR) is 92.5 cm³/mol. The summed E-state index contributed by atoms with van der Waals surface area (Å²) in [7, 11) is 1.64. The van der Waals surface area contributed by atoms with Crippen LogP contribution in [0.2, 0.25) is 0 Å². The summed E-state index contributed by atoms with van der Waals surface area (Å²) < 4.78 is 12.5. The lowest BCUT2D eigenvalue weighted by Gasteiger charge is -2.47. The number of carbonyl (C=O) groups excluding carboxylic acids is 1. The second-order valence-corrected chi connectivity index (χ2v) is 6.86. The molecule has 8 nitrogen and oxygen atoms in total. The Bertz CT molecular complexity index is 730. The van der Waals surface area contributed by atoms with Gasteiger partial charge in [-0.2, -0.15) is 0 Å². The van der Waals surface area contributed by atoms with Crippen LogP contribution < -0.4 is 4.74 Å². The van der Waals surface area contributed by atoms with E-state index in [1.165, 1.54) is 23.9 Å². The highest BCUT2D eigenvalue weighted by Crippen LogP contribution is 2.43. The van der Waals surface area contributed by atoms with E-state index in [1.54, 1.807) is 7.11 Å². The second kappa shape index (κ2) is 7.41. The molecule has 1 aromatic heterocycles. The molecule has 1 aromatic carbocycles. The van der Waals surface area contributed by atoms with Gasteiger partial charge < -0.3 is 14.4 Å². The molecule has 2 fully saturated rings. The zero-order chi connectivity index (χ0) is 17.9. The summed E-state index contributed by atoms with van der Waals surface area (Å²) in [5.41, 5.74) is 1.05. The molecular weight excluding hydrogens is 334 g/mol. The lowest BCUT2D eigenvalue weighted by Crippen LogP contribution is -2.56. The number of hydrogen-bond donors (Lipinski definition) is 0. The molecule has 0 spiro atoms. The number of ether oxygens (including phenoxy) is 2. The molecule has 8 heteroatoms. The highest BCUT2D eigenvalue weighted by Gasteiger charge is 2.49. The lowest BCUT2D eigenvalue weighted by atomic mass is 9.88. The van der Waals surface area contributed by atoms with E-state index < -0.39 is 6.04 Å². The number of tetrazole rings is 1. The monoisotopic (exact) mass is 357 g/mol. The van der Waals surface area contributed by atoms with Crippen molar-refractivity contribution in [3.05, 3.63) is 36.2 Å². The maximum Gasteiger partial charge on any atom is 0.250 e. The van der Waals surface area contributed by atoms with Gasteiger partial charge in [0, 0.05) is 19.8 Å². The number of nitrogens with zero attached hydrogens (tertiary/aromatic N) is 5. The maximum absolute atomic E-state index is 12.7. The molecule has 138 valence electrons. The molecule has 1 aliphatic carbocycles. The summed E-state index contributed by atoms with van der Waals surface area (Å²) >= 11 is 0. The van der Waals surface area contributed by atoms with Crippen molar-refractivity contribution in [3.8, 4) is 5.75 Å². The van der Waals surface area contributed by atoms with E-state index >= 15 is 0 Å². The summed E-state index contributed by atoms with van der Waals surface area (Å²) in [6, 6.07) is 7.32. The van der Waals surface area contributed by atoms with Gasteiger partial charge in [-0.1, -0.05) is 12.1 Å². The van der Waals surface area contributed by atoms with Gasteiger partial charge in [-0.25, -0.2) is 4.68 Å². The molecule has 0 radical (unpaired) electrons. The molecule has 1 saturated heterocycles. The molecule has 1 saturated carbocycles. The van der Waals surface area contributed by atoms with E-state index in [9.17, 15) is 4.79 Å². The van der Waals surface area contributed by atoms with Crippen LogP contribution in [0.15, 0.2) is 30.6 Å². The van der Waals surface area contributed by atoms with E-state index in [0.717, 1.165) is 30.3 Å². The zero-order valence-corrected chi connectivity index (χ0v) is 14.8. The molecule has 2 atom stereocenters. The van der Waals surface area contributed by atoms with Gasteiger partial charge in [0.15, 0.2) is 6.04 Å². The highest BCUT2D eigenvalue weighted by molar-refractivity contribution is 5.88. The summed E-state index contributed by atoms with van der Waals surface area (Å²) in [6.07, 6.45) is 4.90. The van der Waals surface area contributed by atoms with Crippen molar-refractivity contribution in [2.75, 3.05) is 26.9 Å². The Morgan fingerprint density at radius 3 is 2.65 bits per heavy atom. The van der Waals surface area contributed by atoms with Crippen LogP contribution in [0.5, 0.6) is 5.75 Å². The number of methoxy groups -OCH3 is 1. The second-order valence-electron chi connectivity index (χ2n) is 6.86. The zero-order valence-electron chi connectivity index (χ0n) is 14.8. The Hall–Kier alpha value is -2.48. The van der Waals surface area contributed by atoms with E-state index in [-0.39, 0.29) is 11.9 Å². The average Bonchev–Trinajstić information content (AvgIpc) is 3.35. The van der Waals surface area contributed by atoms with E-state index in [2.05, 4.69) is 15.5 Å². The van der Waals surface area contributed by atoms with Gasteiger partial charge in [0.2, 0.25) is 0 Å². The molecule has 26 heavy (non-hydrogen) atoms. The van der Waals surface area contributed by atoms with Crippen LogP contribution in [0.4, 0.5) is 0 Å². The van der Waals surface area contributed by atoms with Crippen LogP contribution in [0.25, 0.3) is 0 Å². The van der Waals surface area contributed by atoms with Crippen molar-refractivity contribution in [2.24, 2.45) is 5.92 Å². The summed E-state index contributed by atoms with van der Waals surface area (Å²) in [6.45, 7) is 2.20. The number of β-lactam (4-membered cyclic amide) rings is 1. The highest BCUT2D eigenvalue weighted by atomic mass is 16.5. The van der Waals surface area contributed by atoms with Gasteiger partial charge in [0.25, 0.3) is 5.91 Å². The smallest absolute Gasteiger partial charge is 0.250 e. The first-order valence-corrected chi connectivity index (χ1v) is 9.02. The van der Waals surface area contributed by atoms with Crippen LogP contribution in [0.1, 0.15) is 36.9 Å². The Morgan fingerprint density at radius 2 is 2.00 bits per heavy atom. The third kappa shape index (κ3) is 3.41. The maximum atomic E-state index is 12.7. The van der Waals surface area contributed by atoms with Crippen LogP contribution in [-0.4, -0.2) is 57.9 Å². The van der Waals surface area contributed by atoms with Crippen molar-refractivity contribution in [1.29, 1.82) is 0 Å². The van der Waals surface area contributed by atoms with Crippen LogP contribution in [0.3, 0.4) is 0 Å². The van der Waals surface area contributed by atoms with Crippen molar-refractivity contribution >= 4 is 5.91 Å². The van der Waals surface area contributed by atoms with Crippen LogP contribution >= 0.6 is 0 Å². The fourth-order valence-electron chi connectivity index (χ4n) is 3.37. The predicted octanol–water partition coefficient (Wildman–Crippen LogP) is 1.62. The number of carbonyl (C=O) groups is 1. The molecule has 1 amide bonds. The molecular formula is C18H23N5O3. The van der Waals surface area contributed by atoms with Gasteiger partial charge in [-0.3, -0.25) is 4.79 Å². The minimum atomic E-state index is -0.397. The van der Waals surface area contributed by atoms with Crippen LogP contribution in [-0.2, 0) is 9.53 Å². The molecule has 1 aliphatic heterocycles. The Morgan fingerprint density at radius 1 is 1.19 bits per heavy atom. The molecule has 0 unspecified atom stereocenters. The van der Waals surface area contributed by atoms with Crippen molar-refractivity contribution in [1.82, 2.24) is 25.1 Å². The largest absolute Gasteiger partial charge is 0.497 e. The first-order valence-electron chi connectivity index (χ1n) is 9.02. The summed E-state index contributed by atoms with van der Waals surface area (Å²) in [4.78, 5) is 14.6. The molecule has 2 aliphatic rings. The summed E-state index contributed by atoms with van der Waals surface area (Å²) in [5, 5.41) is 11.3. The van der Waals surface area contributed by atoms with Gasteiger partial charge in [0.1, 0.15) is 12.1 Å².